The van der Waals surface area contributed by atoms with Crippen molar-refractivity contribution < 1.29 is 4.63 Å². The van der Waals surface area contributed by atoms with E-state index in [1.54, 1.807) is 0 Å². The molecule has 0 N–H and O–H groups in total. The largest absolute Gasteiger partial charge is 0.317 e. The summed E-state index contributed by atoms with van der Waals surface area (Å²) in [5.41, 5.74) is 2.87. The van der Waals surface area contributed by atoms with Crippen molar-refractivity contribution in [1.82, 2.24) is 34.9 Å². The molecule has 4 heterocycles. The molecule has 148 valence electrons. The molecule has 3 aromatic rings. The lowest BCUT2D eigenvalue weighted by molar-refractivity contribution is 0.195. The van der Waals surface area contributed by atoms with Crippen LogP contribution in [-0.4, -0.2) is 61.1 Å². The lowest BCUT2D eigenvalue weighted by Gasteiger charge is -2.32. The van der Waals surface area contributed by atoms with Gasteiger partial charge in [-0.05, 0) is 67.3 Å². The molecule has 1 unspecified atom stereocenters. The molecule has 8 heteroatoms. The van der Waals surface area contributed by atoms with E-state index >= 15 is 0 Å². The normalized spacial score (nSPS) is 21.7. The number of hydrogen-bond acceptors (Lipinski definition) is 7. The number of nitrogens with zero attached hydrogens (tertiary/aromatic N) is 7. The third kappa shape index (κ3) is 3.42. The molecule has 28 heavy (non-hydrogen) atoms. The first-order valence-corrected chi connectivity index (χ1v) is 10.3. The van der Waals surface area contributed by atoms with Crippen molar-refractivity contribution in [3.05, 3.63) is 35.4 Å². The molecule has 0 saturated carbocycles. The topological polar surface area (TPSA) is 76.1 Å². The van der Waals surface area contributed by atoms with E-state index in [9.17, 15) is 0 Å². The van der Waals surface area contributed by atoms with E-state index in [0.29, 0.717) is 5.92 Å². The van der Waals surface area contributed by atoms with Crippen LogP contribution in [0.5, 0.6) is 0 Å². The number of aromatic nitrogens is 5. The lowest BCUT2D eigenvalue weighted by atomic mass is 9.96. The van der Waals surface area contributed by atoms with Crippen LogP contribution in [0.25, 0.3) is 11.0 Å². The minimum absolute atomic E-state index is 0.424. The molecule has 0 aliphatic carbocycles. The van der Waals surface area contributed by atoms with Crippen molar-refractivity contribution >= 4 is 11.0 Å². The average Bonchev–Trinajstić information content (AvgIpc) is 3.45. The Morgan fingerprint density at radius 2 is 1.86 bits per heavy atom. The van der Waals surface area contributed by atoms with Gasteiger partial charge in [-0.1, -0.05) is 12.1 Å². The van der Waals surface area contributed by atoms with Crippen LogP contribution < -0.4 is 0 Å². The van der Waals surface area contributed by atoms with Gasteiger partial charge in [-0.3, -0.25) is 9.80 Å². The van der Waals surface area contributed by atoms with Gasteiger partial charge in [-0.15, -0.1) is 10.2 Å². The van der Waals surface area contributed by atoms with E-state index in [0.717, 1.165) is 48.9 Å². The third-order valence-corrected chi connectivity index (χ3v) is 6.20. The fourth-order valence-electron chi connectivity index (χ4n) is 4.65. The van der Waals surface area contributed by atoms with Crippen molar-refractivity contribution in [1.29, 1.82) is 0 Å². The monoisotopic (exact) mass is 381 g/mol. The number of likely N-dealkylation sites (tertiary alicyclic amines) is 2. The predicted molar refractivity (Wildman–Crippen MR) is 105 cm³/mol. The molecular formula is C20H27N7O. The Morgan fingerprint density at radius 3 is 2.75 bits per heavy atom. The van der Waals surface area contributed by atoms with Gasteiger partial charge in [0.2, 0.25) is 0 Å². The van der Waals surface area contributed by atoms with Gasteiger partial charge >= 0.3 is 0 Å². The molecule has 5 rings (SSSR count). The highest BCUT2D eigenvalue weighted by atomic mass is 16.6. The van der Waals surface area contributed by atoms with Crippen LogP contribution in [-0.2, 0) is 20.1 Å². The van der Waals surface area contributed by atoms with Gasteiger partial charge in [0, 0.05) is 26.1 Å². The molecule has 2 aromatic heterocycles. The number of piperidine rings is 1. The minimum atomic E-state index is 0.424. The van der Waals surface area contributed by atoms with Crippen LogP contribution >= 0.6 is 0 Å². The average molecular weight is 381 g/mol. The summed E-state index contributed by atoms with van der Waals surface area (Å²) >= 11 is 0. The van der Waals surface area contributed by atoms with E-state index < -0.39 is 0 Å². The zero-order valence-electron chi connectivity index (χ0n) is 16.4. The van der Waals surface area contributed by atoms with Gasteiger partial charge in [0.1, 0.15) is 22.7 Å². The van der Waals surface area contributed by atoms with E-state index in [4.69, 9.17) is 4.63 Å². The molecule has 0 radical (unpaired) electrons. The summed E-state index contributed by atoms with van der Waals surface area (Å²) in [6.45, 7) is 6.24. The Hall–Kier alpha value is -2.32. The SMILES string of the molecule is Cn1c(CN2CCCC2)nnc1C1CCCN(Cc2cccc3nonc23)C1. The predicted octanol–water partition coefficient (Wildman–Crippen LogP) is 2.33. The summed E-state index contributed by atoms with van der Waals surface area (Å²) in [6.07, 6.45) is 4.94. The molecule has 2 fully saturated rings. The Bertz CT molecular complexity index is 943. The molecule has 1 atom stereocenters. The highest BCUT2D eigenvalue weighted by Crippen LogP contribution is 2.28. The molecule has 1 aromatic carbocycles. The summed E-state index contributed by atoms with van der Waals surface area (Å²) in [4.78, 5) is 4.97. The van der Waals surface area contributed by atoms with Gasteiger partial charge in [-0.25, -0.2) is 4.63 Å². The van der Waals surface area contributed by atoms with E-state index in [1.165, 1.54) is 44.3 Å². The fourth-order valence-corrected chi connectivity index (χ4v) is 4.65. The lowest BCUT2D eigenvalue weighted by Crippen LogP contribution is -2.35. The second-order valence-electron chi connectivity index (χ2n) is 8.14. The summed E-state index contributed by atoms with van der Waals surface area (Å²) in [6, 6.07) is 6.08. The van der Waals surface area contributed by atoms with Gasteiger partial charge in [-0.2, -0.15) is 0 Å². The van der Waals surface area contributed by atoms with Crippen molar-refractivity contribution in [3.63, 3.8) is 0 Å². The summed E-state index contributed by atoms with van der Waals surface area (Å²) in [5.74, 6) is 2.64. The summed E-state index contributed by atoms with van der Waals surface area (Å²) in [7, 11) is 2.13. The first-order valence-electron chi connectivity index (χ1n) is 10.3. The number of rotatable bonds is 5. The molecule has 0 amide bonds. The molecule has 0 spiro atoms. The highest BCUT2D eigenvalue weighted by Gasteiger charge is 2.27. The van der Waals surface area contributed by atoms with Gasteiger partial charge < -0.3 is 4.57 Å². The maximum atomic E-state index is 4.91. The van der Waals surface area contributed by atoms with Crippen molar-refractivity contribution in [2.75, 3.05) is 26.2 Å². The molecule has 2 saturated heterocycles. The minimum Gasteiger partial charge on any atom is -0.317 e. The van der Waals surface area contributed by atoms with E-state index in [2.05, 4.69) is 48.0 Å². The van der Waals surface area contributed by atoms with Crippen LogP contribution in [0.3, 0.4) is 0 Å². The highest BCUT2D eigenvalue weighted by molar-refractivity contribution is 5.76. The number of hydrogen-bond donors (Lipinski definition) is 0. The van der Waals surface area contributed by atoms with Gasteiger partial charge in [0.25, 0.3) is 0 Å². The van der Waals surface area contributed by atoms with Crippen molar-refractivity contribution in [3.8, 4) is 0 Å². The van der Waals surface area contributed by atoms with E-state index in [1.807, 2.05) is 12.1 Å². The van der Waals surface area contributed by atoms with E-state index in [-0.39, 0.29) is 0 Å². The van der Waals surface area contributed by atoms with Crippen molar-refractivity contribution in [2.24, 2.45) is 7.05 Å². The molecule has 8 nitrogen and oxygen atoms in total. The number of benzene rings is 1. The van der Waals surface area contributed by atoms with Gasteiger partial charge in [0.15, 0.2) is 0 Å². The Morgan fingerprint density at radius 1 is 1.00 bits per heavy atom. The second-order valence-corrected chi connectivity index (χ2v) is 8.14. The molecule has 2 aliphatic heterocycles. The van der Waals surface area contributed by atoms with Crippen molar-refractivity contribution in [2.45, 2.75) is 44.7 Å². The third-order valence-electron chi connectivity index (χ3n) is 6.20. The van der Waals surface area contributed by atoms with Crippen LogP contribution in [0, 0.1) is 0 Å². The first-order chi connectivity index (χ1) is 13.8. The zero-order valence-corrected chi connectivity index (χ0v) is 16.4. The Kier molecular flexibility index (Phi) is 4.82. The summed E-state index contributed by atoms with van der Waals surface area (Å²) in [5, 5.41) is 17.2. The maximum Gasteiger partial charge on any atom is 0.146 e. The number of fused-ring (bicyclic) bond motifs is 1. The second kappa shape index (κ2) is 7.60. The standard InChI is InChI=1S/C20H27N7O/c1-25-18(14-26-9-2-3-10-26)21-22-20(25)16-7-5-11-27(13-16)12-15-6-4-8-17-19(15)24-28-23-17/h4,6,8,16H,2-3,5,7,9-14H2,1H3. The maximum absolute atomic E-state index is 4.91. The quantitative estimate of drug-likeness (QED) is 0.671. The molecule has 0 bridgehead atoms. The van der Waals surface area contributed by atoms with Crippen LogP contribution in [0.4, 0.5) is 0 Å². The van der Waals surface area contributed by atoms with Gasteiger partial charge in [0.05, 0.1) is 6.54 Å². The van der Waals surface area contributed by atoms with Crippen LogP contribution in [0.1, 0.15) is 48.8 Å². The van der Waals surface area contributed by atoms with Crippen LogP contribution in [0.15, 0.2) is 22.8 Å². The molecule has 2 aliphatic rings. The fraction of sp³-hybridized carbons (Fsp3) is 0.600. The Labute approximate surface area is 164 Å². The zero-order chi connectivity index (χ0) is 18.9. The van der Waals surface area contributed by atoms with Crippen LogP contribution in [0.2, 0.25) is 0 Å². The molecular weight excluding hydrogens is 354 g/mol. The smallest absolute Gasteiger partial charge is 0.146 e. The first kappa shape index (κ1) is 17.8. The Balaban J connectivity index is 1.29. The summed E-state index contributed by atoms with van der Waals surface area (Å²) < 4.78 is 7.15.